The maximum absolute atomic E-state index is 12.4. The fraction of sp³-hybridized carbons (Fsp3) is 0.0714. The lowest BCUT2D eigenvalue weighted by Gasteiger charge is -2.05. The van der Waals surface area contributed by atoms with Crippen molar-refractivity contribution in [3.63, 3.8) is 0 Å². The third-order valence-electron chi connectivity index (χ3n) is 5.49. The van der Waals surface area contributed by atoms with Gasteiger partial charge in [-0.2, -0.15) is 0 Å². The molecule has 6 aromatic rings. The zero-order valence-corrected chi connectivity index (χ0v) is 19.3. The Morgan fingerprint density at radius 1 is 0.531 bits per heavy atom. The van der Waals surface area contributed by atoms with Gasteiger partial charge in [0.25, 0.3) is 0 Å². The normalized spacial score (nSPS) is 11.1. The second kappa shape index (κ2) is 8.30. The first kappa shape index (κ1) is 20.6. The SMILES string of the molecule is Cc1cc(C)c2sc3ccccc3c(=O)c2c1.O=c1c2ccccc2sc2ccccc12. The highest BCUT2D eigenvalue weighted by Gasteiger charge is 2.08. The molecule has 156 valence electrons. The lowest BCUT2D eigenvalue weighted by Crippen LogP contribution is -2.01. The van der Waals surface area contributed by atoms with Crippen LogP contribution in [0.15, 0.2) is 94.5 Å². The second-order valence-corrected chi connectivity index (χ2v) is 9.95. The Balaban J connectivity index is 0.000000136. The van der Waals surface area contributed by atoms with Crippen LogP contribution in [0.1, 0.15) is 11.1 Å². The van der Waals surface area contributed by atoms with Gasteiger partial charge in [0.2, 0.25) is 0 Å². The standard InChI is InChI=1S/C15H12OS.C13H8OS/c1-9-7-10(2)15-12(8-9)14(16)11-5-3-4-6-13(11)17-15;14-13-9-5-1-3-7-11(9)15-12-8-4-2-6-10(12)13/h3-8H,1-2H3;1-8H. The van der Waals surface area contributed by atoms with E-state index < -0.39 is 0 Å². The van der Waals surface area contributed by atoms with E-state index in [9.17, 15) is 9.59 Å². The summed E-state index contributed by atoms with van der Waals surface area (Å²) in [7, 11) is 0. The highest BCUT2D eigenvalue weighted by atomic mass is 32.1. The Labute approximate surface area is 193 Å². The van der Waals surface area contributed by atoms with Crippen LogP contribution in [0.3, 0.4) is 0 Å². The molecule has 0 saturated carbocycles. The summed E-state index contributed by atoms with van der Waals surface area (Å²) in [6, 6.07) is 27.5. The van der Waals surface area contributed by atoms with Gasteiger partial charge in [-0.3, -0.25) is 9.59 Å². The molecule has 2 aromatic heterocycles. The van der Waals surface area contributed by atoms with E-state index in [0.29, 0.717) is 0 Å². The smallest absolute Gasteiger partial charge is 0.195 e. The van der Waals surface area contributed by atoms with Crippen molar-refractivity contribution in [1.82, 2.24) is 0 Å². The van der Waals surface area contributed by atoms with Crippen LogP contribution in [0.5, 0.6) is 0 Å². The summed E-state index contributed by atoms with van der Waals surface area (Å²) < 4.78 is 4.29. The van der Waals surface area contributed by atoms with Crippen LogP contribution >= 0.6 is 22.7 Å². The van der Waals surface area contributed by atoms with Crippen molar-refractivity contribution in [3.8, 4) is 0 Å². The van der Waals surface area contributed by atoms with E-state index in [4.69, 9.17) is 0 Å². The Morgan fingerprint density at radius 2 is 0.969 bits per heavy atom. The third-order valence-corrected chi connectivity index (χ3v) is 7.96. The second-order valence-electron chi connectivity index (χ2n) is 7.81. The van der Waals surface area contributed by atoms with Gasteiger partial charge >= 0.3 is 0 Å². The molecular weight excluding hydrogens is 432 g/mol. The van der Waals surface area contributed by atoms with E-state index >= 15 is 0 Å². The van der Waals surface area contributed by atoms with Crippen LogP contribution in [0.2, 0.25) is 0 Å². The first-order chi connectivity index (χ1) is 15.5. The zero-order valence-electron chi connectivity index (χ0n) is 17.7. The summed E-state index contributed by atoms with van der Waals surface area (Å²) in [5.74, 6) is 0. The summed E-state index contributed by atoms with van der Waals surface area (Å²) in [6.07, 6.45) is 0. The van der Waals surface area contributed by atoms with E-state index in [1.807, 2.05) is 85.8 Å². The zero-order chi connectivity index (χ0) is 22.2. The molecule has 4 aromatic carbocycles. The van der Waals surface area contributed by atoms with E-state index in [2.05, 4.69) is 13.0 Å². The first-order valence-electron chi connectivity index (χ1n) is 10.4. The minimum absolute atomic E-state index is 0.139. The number of hydrogen-bond donors (Lipinski definition) is 0. The van der Waals surface area contributed by atoms with Gasteiger partial charge in [0.15, 0.2) is 10.9 Å². The van der Waals surface area contributed by atoms with E-state index in [0.717, 1.165) is 45.9 Å². The number of aryl methyl sites for hydroxylation is 2. The van der Waals surface area contributed by atoms with Crippen molar-refractivity contribution in [2.45, 2.75) is 13.8 Å². The molecule has 0 atom stereocenters. The van der Waals surface area contributed by atoms with Gasteiger partial charge in [-0.25, -0.2) is 0 Å². The number of benzene rings is 4. The molecule has 6 rings (SSSR count). The highest BCUT2D eigenvalue weighted by Crippen LogP contribution is 2.28. The predicted octanol–water partition coefficient (Wildman–Crippen LogP) is 7.45. The summed E-state index contributed by atoms with van der Waals surface area (Å²) in [5.41, 5.74) is 2.63. The van der Waals surface area contributed by atoms with Crippen molar-refractivity contribution in [1.29, 1.82) is 0 Å². The van der Waals surface area contributed by atoms with E-state index in [1.165, 1.54) is 5.56 Å². The van der Waals surface area contributed by atoms with Crippen LogP contribution in [-0.4, -0.2) is 0 Å². The molecule has 0 aliphatic rings. The average Bonchev–Trinajstić information content (AvgIpc) is 2.81. The molecule has 0 saturated heterocycles. The van der Waals surface area contributed by atoms with Crippen molar-refractivity contribution >= 4 is 63.0 Å². The van der Waals surface area contributed by atoms with E-state index in [-0.39, 0.29) is 10.9 Å². The summed E-state index contributed by atoms with van der Waals surface area (Å²) >= 11 is 3.37. The average molecular weight is 453 g/mol. The quantitative estimate of drug-likeness (QED) is 0.224. The van der Waals surface area contributed by atoms with Gasteiger partial charge < -0.3 is 0 Å². The van der Waals surface area contributed by atoms with Crippen LogP contribution in [0.4, 0.5) is 0 Å². The maximum atomic E-state index is 12.4. The van der Waals surface area contributed by atoms with Gasteiger partial charge in [-0.15, -0.1) is 22.7 Å². The molecule has 0 spiro atoms. The van der Waals surface area contributed by atoms with Gasteiger partial charge in [-0.1, -0.05) is 48.0 Å². The molecule has 0 bridgehead atoms. The topological polar surface area (TPSA) is 34.1 Å². The van der Waals surface area contributed by atoms with Gasteiger partial charge in [0, 0.05) is 40.3 Å². The monoisotopic (exact) mass is 452 g/mol. The van der Waals surface area contributed by atoms with E-state index in [1.54, 1.807) is 22.7 Å². The van der Waals surface area contributed by atoms with Crippen LogP contribution < -0.4 is 10.9 Å². The minimum atomic E-state index is 0.139. The van der Waals surface area contributed by atoms with Gasteiger partial charge in [0.1, 0.15) is 0 Å². The lowest BCUT2D eigenvalue weighted by molar-refractivity contribution is 1.44. The summed E-state index contributed by atoms with van der Waals surface area (Å²) in [5, 5.41) is 3.32. The molecule has 4 heteroatoms. The number of fused-ring (bicyclic) bond motifs is 4. The Morgan fingerprint density at radius 3 is 1.50 bits per heavy atom. The van der Waals surface area contributed by atoms with Crippen LogP contribution in [0.25, 0.3) is 40.3 Å². The molecular formula is C28H20O2S2. The minimum Gasteiger partial charge on any atom is -0.289 e. The van der Waals surface area contributed by atoms with Crippen molar-refractivity contribution in [2.75, 3.05) is 0 Å². The highest BCUT2D eigenvalue weighted by molar-refractivity contribution is 7.25. The molecule has 0 aliphatic carbocycles. The van der Waals surface area contributed by atoms with Crippen molar-refractivity contribution in [3.05, 3.63) is 117 Å². The molecule has 0 fully saturated rings. The Hall–Kier alpha value is -3.34. The molecule has 0 aliphatic heterocycles. The predicted molar refractivity (Wildman–Crippen MR) is 141 cm³/mol. The van der Waals surface area contributed by atoms with Crippen molar-refractivity contribution < 1.29 is 0 Å². The fourth-order valence-corrected chi connectivity index (χ4v) is 6.20. The van der Waals surface area contributed by atoms with Crippen molar-refractivity contribution in [2.24, 2.45) is 0 Å². The summed E-state index contributed by atoms with van der Waals surface area (Å²) in [6.45, 7) is 4.10. The van der Waals surface area contributed by atoms with Crippen LogP contribution in [-0.2, 0) is 0 Å². The molecule has 2 nitrogen and oxygen atoms in total. The first-order valence-corrected chi connectivity index (χ1v) is 12.0. The lowest BCUT2D eigenvalue weighted by atomic mass is 10.1. The van der Waals surface area contributed by atoms with Gasteiger partial charge in [-0.05, 0) is 61.9 Å². The molecule has 32 heavy (non-hydrogen) atoms. The summed E-state index contributed by atoms with van der Waals surface area (Å²) in [4.78, 5) is 24.5. The number of rotatable bonds is 0. The maximum Gasteiger partial charge on any atom is 0.195 e. The third kappa shape index (κ3) is 3.62. The molecule has 0 radical (unpaired) electrons. The van der Waals surface area contributed by atoms with Crippen LogP contribution in [0, 0.1) is 13.8 Å². The molecule has 0 N–H and O–H groups in total. The molecule has 0 amide bonds. The Bertz CT molecular complexity index is 1690. The largest absolute Gasteiger partial charge is 0.289 e. The fourth-order valence-electron chi connectivity index (χ4n) is 4.01. The number of hydrogen-bond acceptors (Lipinski definition) is 4. The molecule has 2 heterocycles. The Kier molecular flexibility index (Phi) is 5.33. The van der Waals surface area contributed by atoms with Gasteiger partial charge in [0.05, 0.1) is 0 Å². The molecule has 0 unspecified atom stereocenters.